The zero-order valence-corrected chi connectivity index (χ0v) is 16.6. The Morgan fingerprint density at radius 3 is 2.75 bits per heavy atom. The number of hydrogen-bond acceptors (Lipinski definition) is 6. The van der Waals surface area contributed by atoms with E-state index in [1.807, 2.05) is 61.7 Å². The Morgan fingerprint density at radius 1 is 1.21 bits per heavy atom. The normalized spacial score (nSPS) is 17.4. The first-order chi connectivity index (χ1) is 13.2. The molecule has 1 aliphatic rings. The van der Waals surface area contributed by atoms with Crippen LogP contribution in [-0.4, -0.2) is 69.7 Å². The Morgan fingerprint density at radius 2 is 2.00 bits per heavy atom. The molecule has 0 fully saturated rings. The van der Waals surface area contributed by atoms with Crippen molar-refractivity contribution in [3.8, 4) is 5.75 Å². The van der Waals surface area contributed by atoms with Gasteiger partial charge in [-0.25, -0.2) is 4.98 Å². The van der Waals surface area contributed by atoms with Gasteiger partial charge in [0.2, 0.25) is 0 Å². The van der Waals surface area contributed by atoms with Gasteiger partial charge >= 0.3 is 0 Å². The van der Waals surface area contributed by atoms with E-state index in [0.717, 1.165) is 5.69 Å². The Labute approximate surface area is 166 Å². The van der Waals surface area contributed by atoms with E-state index in [9.17, 15) is 4.79 Å². The summed E-state index contributed by atoms with van der Waals surface area (Å²) in [5.74, 6) is 1.76. The van der Waals surface area contributed by atoms with Crippen molar-refractivity contribution in [1.82, 2.24) is 19.9 Å². The van der Waals surface area contributed by atoms with Crippen molar-refractivity contribution in [3.05, 3.63) is 42.1 Å². The summed E-state index contributed by atoms with van der Waals surface area (Å²) in [5.41, 5.74) is 1.70. The smallest absolute Gasteiger partial charge is 0.255 e. The second kappa shape index (κ2) is 6.25. The third kappa shape index (κ3) is 2.98. The molecule has 2 aromatic heterocycles. The van der Waals surface area contributed by atoms with E-state index in [4.69, 9.17) is 4.74 Å². The lowest BCUT2D eigenvalue weighted by Crippen LogP contribution is -2.69. The molecule has 3 N–H and O–H groups in total. The second-order valence-corrected chi connectivity index (χ2v) is 7.91. The van der Waals surface area contributed by atoms with Crippen molar-refractivity contribution in [2.24, 2.45) is 0 Å². The average molecular weight is 372 g/mol. The fourth-order valence-corrected chi connectivity index (χ4v) is 3.07. The molecule has 3 heterocycles. The largest absolute Gasteiger partial charge is 0.505 e. The lowest BCUT2D eigenvalue weighted by molar-refractivity contribution is 0.0910. The number of carbonyl (C=O) groups excluding carboxylic acids is 1. The van der Waals surface area contributed by atoms with E-state index in [-0.39, 0.29) is 5.91 Å². The summed E-state index contributed by atoms with van der Waals surface area (Å²) in [4.78, 5) is 17.7. The number of rotatable bonds is 1. The molecule has 3 aromatic rings. The number of nitrogens with one attached hydrogen (secondary N) is 3. The predicted octanol–water partition coefficient (Wildman–Crippen LogP) is -2.52. The topological polar surface area (TPSA) is 92.6 Å². The number of amides is 1. The van der Waals surface area contributed by atoms with Gasteiger partial charge in [-0.05, 0) is 12.1 Å². The summed E-state index contributed by atoms with van der Waals surface area (Å²) >= 11 is 0. The van der Waals surface area contributed by atoms with Gasteiger partial charge in [0.15, 0.2) is 5.65 Å². The van der Waals surface area contributed by atoms with E-state index in [0.29, 0.717) is 28.6 Å². The molecule has 0 saturated carbocycles. The van der Waals surface area contributed by atoms with Crippen LogP contribution in [0.25, 0.3) is 5.65 Å². The van der Waals surface area contributed by atoms with E-state index < -0.39 is 10.7 Å². The number of carbonyl (C=O) groups is 1. The number of anilines is 3. The van der Waals surface area contributed by atoms with Crippen LogP contribution in [0.3, 0.4) is 0 Å². The van der Waals surface area contributed by atoms with Crippen molar-refractivity contribution in [3.63, 3.8) is 0 Å². The number of aromatic nitrogens is 3. The van der Waals surface area contributed by atoms with Crippen molar-refractivity contribution in [2.75, 3.05) is 17.7 Å². The summed E-state index contributed by atoms with van der Waals surface area (Å²) in [5, 5.41) is 12.5. The van der Waals surface area contributed by atoms with Gasteiger partial charge < -0.3 is 20.7 Å². The second-order valence-electron chi connectivity index (χ2n) is 7.91. The molecular weight excluding hydrogens is 351 g/mol. The van der Waals surface area contributed by atoms with Crippen molar-refractivity contribution in [2.45, 2.75) is 10.7 Å². The lowest BCUT2D eigenvalue weighted by Gasteiger charge is -2.43. The predicted molar refractivity (Wildman–Crippen MR) is 120 cm³/mol. The maximum absolute atomic E-state index is 13.1. The number of fused-ring (bicyclic) bond motifs is 3. The highest BCUT2D eigenvalue weighted by molar-refractivity contribution is 6.54. The van der Waals surface area contributed by atoms with Gasteiger partial charge in [0, 0.05) is 35.6 Å². The molecule has 1 amide bonds. The van der Waals surface area contributed by atoms with E-state index in [1.54, 1.807) is 11.6 Å². The Bertz CT molecular complexity index is 1080. The maximum atomic E-state index is 13.1. The number of hydrogen-bond donors (Lipinski definition) is 3. The first kappa shape index (κ1) is 18.3. The number of ether oxygens (including phenoxy) is 1. The van der Waals surface area contributed by atoms with Crippen LogP contribution in [-0.2, 0) is 0 Å². The minimum atomic E-state index is -0.677. The Hall–Kier alpha value is -3.03. The van der Waals surface area contributed by atoms with Crippen molar-refractivity contribution in [1.29, 1.82) is 0 Å². The van der Waals surface area contributed by atoms with E-state index in [2.05, 4.69) is 26.0 Å². The zero-order valence-electron chi connectivity index (χ0n) is 16.6. The van der Waals surface area contributed by atoms with Gasteiger partial charge in [-0.2, -0.15) is 9.61 Å². The average Bonchev–Trinajstić information content (AvgIpc) is 3.04. The fraction of sp³-hybridized carbons (Fsp3) is 0.188. The molecule has 4 bridgehead atoms. The van der Waals surface area contributed by atoms with E-state index >= 15 is 0 Å². The summed E-state index contributed by atoms with van der Waals surface area (Å²) < 4.78 is 7.89. The van der Waals surface area contributed by atoms with Crippen molar-refractivity contribution < 1.29 is 9.53 Å². The highest BCUT2D eigenvalue weighted by atomic mass is 16.5. The van der Waals surface area contributed by atoms with Gasteiger partial charge in [0.05, 0.1) is 6.20 Å². The molecule has 1 aliphatic heterocycles. The molecule has 0 atom stereocenters. The molecule has 0 aliphatic carbocycles. The van der Waals surface area contributed by atoms with Crippen LogP contribution in [0.2, 0.25) is 0 Å². The number of nitrogens with zero attached hydrogens (tertiary/aromatic N) is 3. The Balaban J connectivity index is 1.95. The summed E-state index contributed by atoms with van der Waals surface area (Å²) in [6.45, 7) is 0. The third-order valence-electron chi connectivity index (χ3n) is 5.38. The summed E-state index contributed by atoms with van der Waals surface area (Å²) in [6, 6.07) is 9.51. The van der Waals surface area contributed by atoms with Crippen LogP contribution in [0.15, 0.2) is 36.5 Å². The van der Waals surface area contributed by atoms with Crippen LogP contribution in [0, 0.1) is 0 Å². The molecule has 0 spiro atoms. The van der Waals surface area contributed by atoms with Crippen LogP contribution in [0.4, 0.5) is 17.3 Å². The molecule has 0 unspecified atom stereocenters. The fourth-order valence-electron chi connectivity index (χ4n) is 3.07. The zero-order chi connectivity index (χ0) is 20.1. The quantitative estimate of drug-likeness (QED) is 0.409. The van der Waals surface area contributed by atoms with Gasteiger partial charge in [0.25, 0.3) is 5.91 Å². The van der Waals surface area contributed by atoms with E-state index in [1.165, 1.54) is 6.20 Å². The van der Waals surface area contributed by atoms with Gasteiger partial charge in [-0.1, -0.05) is 6.07 Å². The van der Waals surface area contributed by atoms with Crippen LogP contribution >= 0.6 is 0 Å². The maximum Gasteiger partial charge on any atom is 0.255 e. The van der Waals surface area contributed by atoms with Gasteiger partial charge in [0.1, 0.15) is 54.3 Å². The minimum absolute atomic E-state index is 0.255. The first-order valence-corrected chi connectivity index (χ1v) is 9.15. The monoisotopic (exact) mass is 372 g/mol. The van der Waals surface area contributed by atoms with Crippen molar-refractivity contribution >= 4 is 60.3 Å². The van der Waals surface area contributed by atoms with Crippen LogP contribution < -0.4 is 20.7 Å². The highest BCUT2D eigenvalue weighted by Crippen LogP contribution is 2.28. The molecule has 8 nitrogen and oxygen atoms in total. The van der Waals surface area contributed by atoms with Crippen LogP contribution in [0.5, 0.6) is 5.75 Å². The van der Waals surface area contributed by atoms with Crippen LogP contribution in [0.1, 0.15) is 10.4 Å². The molecule has 138 valence electrons. The third-order valence-corrected chi connectivity index (χ3v) is 5.38. The lowest BCUT2D eigenvalue weighted by atomic mass is 9.40. The standard InChI is InChI=1S/C16H20B4N6O2/c1-21-12-6-11-23-8-3-2-4-9(5-8)28-16(19,20)15(17,18)25-14(27)10-7-22-26(12)13(10)24-11/h2-7,21H,17-20H2,1H3,(H,23,24)(H,25,27). The van der Waals surface area contributed by atoms with Gasteiger partial charge in [-0.15, -0.1) is 0 Å². The molecule has 0 saturated heterocycles. The SMILES string of the molecule is BC1(B)NC(=O)c2cnn3c(NC)cc(nc23)Nc2cccc(c2)OC1(B)B. The highest BCUT2D eigenvalue weighted by Gasteiger charge is 2.40. The van der Waals surface area contributed by atoms with Gasteiger partial charge in [-0.3, -0.25) is 4.79 Å². The first-order valence-electron chi connectivity index (χ1n) is 9.15. The molecule has 0 radical (unpaired) electrons. The minimum Gasteiger partial charge on any atom is -0.505 e. The molecule has 28 heavy (non-hydrogen) atoms. The summed E-state index contributed by atoms with van der Waals surface area (Å²) in [6.07, 6.45) is 1.53. The molecule has 4 rings (SSSR count). The molecular formula is C16H20B4N6O2. The number of benzene rings is 1. The molecule has 12 heteroatoms. The molecule has 1 aromatic carbocycles. The Kier molecular flexibility index (Phi) is 4.10. The summed E-state index contributed by atoms with van der Waals surface area (Å²) in [7, 11) is 9.59.